The Labute approximate surface area is 480 Å². The first-order chi connectivity index (χ1) is 40.9. The molecule has 0 saturated carbocycles. The Morgan fingerprint density at radius 1 is 0.481 bits per heavy atom. The van der Waals surface area contributed by atoms with Crippen LogP contribution in [0.2, 0.25) is 0 Å². The predicted octanol–water partition coefficient (Wildman–Crippen LogP) is 20.5. The minimum absolute atomic E-state index is 0.0251. The number of aromatic nitrogens is 2. The van der Waals surface area contributed by atoms with Crippen molar-refractivity contribution in [2.24, 2.45) is 0 Å². The minimum Gasteiger partial charge on any atom is -0.457 e. The number of benzene rings is 8. The molecule has 0 spiro atoms. The highest BCUT2D eigenvalue weighted by atomic mass is 16.5. The van der Waals surface area contributed by atoms with E-state index >= 15 is 0 Å². The monoisotopic (exact) mass is 1040 g/mol. The normalized spacial score (nSPS) is 16.6. The van der Waals surface area contributed by atoms with Gasteiger partial charge in [0.15, 0.2) is 0 Å². The molecule has 0 radical (unpaired) electrons. The van der Waals surface area contributed by atoms with E-state index in [4.69, 9.17) is 13.8 Å². The second kappa shape index (κ2) is 18.9. The van der Waals surface area contributed by atoms with E-state index < -0.39 is 0 Å². The summed E-state index contributed by atoms with van der Waals surface area (Å²) in [7, 11) is 0. The quantitative estimate of drug-likeness (QED) is 0.152. The molecule has 398 valence electrons. The molecule has 3 heterocycles. The molecule has 79 heavy (non-hydrogen) atoms. The van der Waals surface area contributed by atoms with Gasteiger partial charge in [-0.15, -0.1) is 0 Å². The molecule has 0 N–H and O–H groups in total. The minimum atomic E-state index is -0.388. The number of fused-ring (bicyclic) bond motifs is 5. The molecule has 10 aromatic rings. The van der Waals surface area contributed by atoms with E-state index in [1.54, 1.807) is 6.20 Å². The van der Waals surface area contributed by atoms with Crippen molar-refractivity contribution in [2.75, 3.05) is 16.5 Å². The maximum absolute atomic E-state index is 10.1. The van der Waals surface area contributed by atoms with E-state index in [1.807, 2.05) is 89.5 Å². The molecule has 5 heteroatoms. The zero-order valence-electron chi connectivity index (χ0n) is 56.1. The molecule has 0 atom stereocenters. The number of hydrogen-bond acceptors (Lipinski definition) is 4. The number of anilines is 4. The van der Waals surface area contributed by atoms with Crippen molar-refractivity contribution in [3.8, 4) is 50.7 Å². The Bertz CT molecular complexity index is 4430. The maximum Gasteiger partial charge on any atom is 0.137 e. The number of pyridine rings is 1. The highest BCUT2D eigenvalue weighted by molar-refractivity contribution is 6.09. The van der Waals surface area contributed by atoms with Crippen LogP contribution in [0.25, 0.3) is 61.0 Å². The van der Waals surface area contributed by atoms with Gasteiger partial charge in [0, 0.05) is 45.9 Å². The van der Waals surface area contributed by atoms with Crippen molar-refractivity contribution in [3.05, 3.63) is 216 Å². The van der Waals surface area contributed by atoms with E-state index in [-0.39, 0.29) is 86.5 Å². The first-order valence-corrected chi connectivity index (χ1v) is 27.8. The van der Waals surface area contributed by atoms with Crippen molar-refractivity contribution in [1.29, 1.82) is 0 Å². The summed E-state index contributed by atoms with van der Waals surface area (Å²) in [5, 5.41) is 1.04. The summed E-state index contributed by atoms with van der Waals surface area (Å²) in [4.78, 5) is 9.30. The molecular weight excluding hydrogens is 961 g/mol. The second-order valence-corrected chi connectivity index (χ2v) is 26.3. The molecule has 2 aromatic heterocycles. The lowest BCUT2D eigenvalue weighted by Crippen LogP contribution is -2.33. The van der Waals surface area contributed by atoms with Crippen LogP contribution in [0.15, 0.2) is 188 Å². The van der Waals surface area contributed by atoms with Crippen LogP contribution >= 0.6 is 0 Å². The van der Waals surface area contributed by atoms with Gasteiger partial charge in [0.25, 0.3) is 0 Å². The van der Waals surface area contributed by atoms with Gasteiger partial charge in [-0.1, -0.05) is 193 Å². The lowest BCUT2D eigenvalue weighted by molar-refractivity contribution is 0.332. The van der Waals surface area contributed by atoms with Crippen LogP contribution in [0.4, 0.5) is 22.7 Å². The number of hydrogen-bond donors (Lipinski definition) is 0. The zero-order chi connectivity index (χ0) is 62.4. The lowest BCUT2D eigenvalue weighted by atomic mass is 9.63. The molecule has 5 nitrogen and oxygen atoms in total. The Morgan fingerprint density at radius 2 is 1.10 bits per heavy atom. The summed E-state index contributed by atoms with van der Waals surface area (Å²) in [6.07, 6.45) is 3.85. The van der Waals surface area contributed by atoms with E-state index in [1.165, 1.54) is 11.1 Å². The zero-order valence-corrected chi connectivity index (χ0v) is 48.1. The van der Waals surface area contributed by atoms with Crippen LogP contribution in [-0.2, 0) is 27.1 Å². The van der Waals surface area contributed by atoms with Gasteiger partial charge in [-0.3, -0.25) is 4.57 Å². The molecular formula is C74H76N4O. The predicted molar refractivity (Wildman–Crippen MR) is 335 cm³/mol. The molecule has 0 fully saturated rings. The maximum atomic E-state index is 10.1. The van der Waals surface area contributed by atoms with E-state index in [2.05, 4.69) is 148 Å². The molecule has 0 amide bonds. The molecule has 12 rings (SSSR count). The van der Waals surface area contributed by atoms with Gasteiger partial charge in [0.2, 0.25) is 0 Å². The van der Waals surface area contributed by atoms with Crippen LogP contribution in [-0.4, -0.2) is 16.2 Å². The Kier molecular flexibility index (Phi) is 10.3. The molecule has 2 aliphatic rings. The fraction of sp³-hybridized carbons (Fsp3) is 0.284. The van der Waals surface area contributed by atoms with Gasteiger partial charge < -0.3 is 14.5 Å². The third kappa shape index (κ3) is 9.49. The molecule has 1 aliphatic heterocycles. The fourth-order valence-corrected chi connectivity index (χ4v) is 11.7. The average molecular weight is 1050 g/mol. The van der Waals surface area contributed by atoms with Crippen molar-refractivity contribution in [2.45, 2.75) is 130 Å². The SMILES string of the molecule is [2H]c1c([2H])c(-c2cc(C(C)(C)C)cc(-c3ccc4c(c3)C(C)(C)CCC4(C)C)c2N2CN(c3cccc(Oc4ccc5c6c([2H])c([2H])c([2H])c([2H])c6n(-c6cc(C(C)(C)C)ccn6)c5c4)c3)c3ccccc32)c([2H])c([2H])c1-c1ccc(C(C)(C)C)cc1. The average Bonchev–Trinajstić information content (AvgIpc) is 1.79. The van der Waals surface area contributed by atoms with Gasteiger partial charge >= 0.3 is 0 Å². The van der Waals surface area contributed by atoms with Crippen LogP contribution in [0, 0.1) is 0 Å². The van der Waals surface area contributed by atoms with Crippen molar-refractivity contribution >= 4 is 44.6 Å². The standard InChI is InChI=1S/C74H76N4O/c1-70(2,3)52-32-29-49(30-33-52)48-25-27-50(28-26-48)60-42-54(72(7,8)9)43-61(51-31-36-62-63(41-51)74(12,13)39-38-73(62,10)11)69(60)77-47-76(65-23-16-17-24-66(65)77)55-19-18-20-56(45-55)79-57-34-35-59-58-21-14-15-22-64(58)78(67(59)46-57)68-44-53(37-40-75-68)71(4,5)6/h14-37,40-46H,38-39,47H2,1-13H3/i14D,15D,21D,22D,25D,26D,27D,28D. The summed E-state index contributed by atoms with van der Waals surface area (Å²) >= 11 is 0. The number of rotatable bonds is 8. The molecule has 8 aromatic carbocycles. The van der Waals surface area contributed by atoms with Gasteiger partial charge in [-0.25, -0.2) is 4.98 Å². The first kappa shape index (κ1) is 43.0. The van der Waals surface area contributed by atoms with Crippen LogP contribution in [0.1, 0.15) is 142 Å². The number of ether oxygens (including phenoxy) is 1. The summed E-state index contributed by atoms with van der Waals surface area (Å²) in [6.45, 7) is 29.0. The Balaban J connectivity index is 1.02. The summed E-state index contributed by atoms with van der Waals surface area (Å²) in [5.74, 6) is 1.57. The molecule has 0 saturated heterocycles. The van der Waals surface area contributed by atoms with Gasteiger partial charge in [0.05, 0.1) is 39.1 Å². The van der Waals surface area contributed by atoms with Crippen LogP contribution < -0.4 is 14.5 Å². The van der Waals surface area contributed by atoms with E-state index in [9.17, 15) is 6.85 Å². The summed E-state index contributed by atoms with van der Waals surface area (Å²) in [5.41, 5.74) is 13.0. The van der Waals surface area contributed by atoms with Crippen molar-refractivity contribution in [1.82, 2.24) is 9.55 Å². The summed E-state index contributed by atoms with van der Waals surface area (Å²) in [6, 6.07) is 43.6. The third-order valence-electron chi connectivity index (χ3n) is 16.7. The smallest absolute Gasteiger partial charge is 0.137 e. The number of nitrogens with zero attached hydrogens (tertiary/aromatic N) is 4. The van der Waals surface area contributed by atoms with Gasteiger partial charge in [-0.05, 0) is 157 Å². The third-order valence-corrected chi connectivity index (χ3v) is 16.7. The molecule has 1 aliphatic carbocycles. The van der Waals surface area contributed by atoms with Crippen LogP contribution in [0.5, 0.6) is 11.5 Å². The largest absolute Gasteiger partial charge is 0.457 e. The van der Waals surface area contributed by atoms with Crippen molar-refractivity contribution in [3.63, 3.8) is 0 Å². The topological polar surface area (TPSA) is 33.5 Å². The lowest BCUT2D eigenvalue weighted by Gasteiger charge is -2.42. The van der Waals surface area contributed by atoms with Gasteiger partial charge in [-0.2, -0.15) is 0 Å². The van der Waals surface area contributed by atoms with Crippen molar-refractivity contribution < 1.29 is 15.7 Å². The molecule has 0 unspecified atom stereocenters. The first-order valence-electron chi connectivity index (χ1n) is 31.8. The molecule has 0 bridgehead atoms. The van der Waals surface area contributed by atoms with E-state index in [0.29, 0.717) is 56.9 Å². The second-order valence-electron chi connectivity index (χ2n) is 26.3. The highest BCUT2D eigenvalue weighted by Gasteiger charge is 2.38. The van der Waals surface area contributed by atoms with Crippen LogP contribution in [0.3, 0.4) is 0 Å². The Morgan fingerprint density at radius 3 is 1.80 bits per heavy atom. The number of para-hydroxylation sites is 3. The summed E-state index contributed by atoms with van der Waals surface area (Å²) < 4.78 is 83.9. The fourth-order valence-electron chi connectivity index (χ4n) is 11.7. The van der Waals surface area contributed by atoms with Gasteiger partial charge in [0.1, 0.15) is 24.0 Å². The Hall–Kier alpha value is -7.89. The highest BCUT2D eigenvalue weighted by Crippen LogP contribution is 2.54. The van der Waals surface area contributed by atoms with E-state index in [0.717, 1.165) is 63.4 Å².